The molecule has 0 amide bonds. The highest BCUT2D eigenvalue weighted by Crippen LogP contribution is 2.24. The Morgan fingerprint density at radius 1 is 0.400 bits per heavy atom. The zero-order valence-corrected chi connectivity index (χ0v) is 16.6. The van der Waals surface area contributed by atoms with E-state index < -0.39 is 0 Å². The van der Waals surface area contributed by atoms with E-state index in [1.54, 1.807) is 0 Å². The van der Waals surface area contributed by atoms with E-state index in [2.05, 4.69) is 70.9 Å². The Bertz CT molecular complexity index is 1160. The van der Waals surface area contributed by atoms with Gasteiger partial charge in [0.25, 0.3) is 0 Å². The second kappa shape index (κ2) is 9.94. The van der Waals surface area contributed by atoms with Gasteiger partial charge < -0.3 is 0 Å². The molecule has 0 aliphatic carbocycles. The molecule has 0 heterocycles. The van der Waals surface area contributed by atoms with E-state index >= 15 is 0 Å². The third-order valence-electron chi connectivity index (χ3n) is 4.63. The van der Waals surface area contributed by atoms with Gasteiger partial charge in [0.2, 0.25) is 0 Å². The van der Waals surface area contributed by atoms with Crippen molar-refractivity contribution in [2.75, 3.05) is 0 Å². The lowest BCUT2D eigenvalue weighted by Crippen LogP contribution is -1.75. The lowest BCUT2D eigenvalue weighted by atomic mass is 10.1. The van der Waals surface area contributed by atoms with Crippen LogP contribution >= 0.6 is 0 Å². The molecule has 0 aliphatic rings. The maximum absolute atomic E-state index is 4.47. The molecule has 4 aromatic rings. The minimum Gasteiger partial charge on any atom is -0.151 e. The van der Waals surface area contributed by atoms with E-state index in [1.807, 2.05) is 72.8 Å². The summed E-state index contributed by atoms with van der Waals surface area (Å²) < 4.78 is 0. The van der Waals surface area contributed by atoms with Gasteiger partial charge >= 0.3 is 0 Å². The number of benzene rings is 4. The molecule has 0 saturated carbocycles. The first kappa shape index (κ1) is 19.3. The van der Waals surface area contributed by atoms with Crippen molar-refractivity contribution in [2.24, 2.45) is 10.2 Å². The van der Waals surface area contributed by atoms with Gasteiger partial charge in [0.15, 0.2) is 0 Å². The first-order valence-electron chi connectivity index (χ1n) is 9.94. The van der Waals surface area contributed by atoms with Gasteiger partial charge in [-0.25, -0.2) is 0 Å². The Morgan fingerprint density at radius 2 is 0.900 bits per heavy atom. The van der Waals surface area contributed by atoms with Crippen LogP contribution < -0.4 is 0 Å². The van der Waals surface area contributed by atoms with Gasteiger partial charge in [-0.05, 0) is 34.9 Å². The second-order valence-corrected chi connectivity index (χ2v) is 6.84. The van der Waals surface area contributed by atoms with Gasteiger partial charge in [0, 0.05) is 5.56 Å². The summed E-state index contributed by atoms with van der Waals surface area (Å²) in [6.07, 6.45) is 8.36. The van der Waals surface area contributed by atoms with E-state index in [1.165, 1.54) is 5.56 Å². The molecule has 30 heavy (non-hydrogen) atoms. The summed E-state index contributed by atoms with van der Waals surface area (Å²) in [5, 5.41) is 8.89. The molecule has 0 bridgehead atoms. The maximum atomic E-state index is 4.47. The number of azo groups is 1. The van der Waals surface area contributed by atoms with Crippen molar-refractivity contribution < 1.29 is 0 Å². The Balaban J connectivity index is 1.46. The number of hydrogen-bond acceptors (Lipinski definition) is 2. The first-order valence-corrected chi connectivity index (χ1v) is 9.94. The van der Waals surface area contributed by atoms with Crippen molar-refractivity contribution in [1.29, 1.82) is 0 Å². The van der Waals surface area contributed by atoms with Crippen molar-refractivity contribution in [3.63, 3.8) is 0 Å². The van der Waals surface area contributed by atoms with Crippen molar-refractivity contribution in [2.45, 2.75) is 0 Å². The van der Waals surface area contributed by atoms with Gasteiger partial charge in [-0.3, -0.25) is 0 Å². The molecule has 2 nitrogen and oxygen atoms in total. The largest absolute Gasteiger partial charge is 0.151 e. The van der Waals surface area contributed by atoms with Crippen LogP contribution in [0.2, 0.25) is 0 Å². The van der Waals surface area contributed by atoms with Crippen LogP contribution in [-0.4, -0.2) is 0 Å². The Kier molecular flexibility index (Phi) is 6.39. The highest BCUT2D eigenvalue weighted by atomic mass is 15.1. The molecule has 0 N–H and O–H groups in total. The van der Waals surface area contributed by atoms with Gasteiger partial charge in [0.05, 0.1) is 11.4 Å². The molecule has 4 aromatic carbocycles. The van der Waals surface area contributed by atoms with Gasteiger partial charge in [-0.2, -0.15) is 5.11 Å². The molecule has 0 saturated heterocycles. The molecule has 0 fully saturated rings. The average Bonchev–Trinajstić information content (AvgIpc) is 2.82. The van der Waals surface area contributed by atoms with E-state index in [0.29, 0.717) is 0 Å². The maximum Gasteiger partial charge on any atom is 0.0929 e. The van der Waals surface area contributed by atoms with Gasteiger partial charge in [0.1, 0.15) is 0 Å². The SMILES string of the molecule is C(=C\c1ccc(/N=N/c2ccccc2/C=C/c2ccccc2)cc1)/c1ccccc1. The standard InChI is InChI=1S/C28H22N2/c1-3-9-23(10-4-1)15-16-25-18-21-27(22-19-25)29-30-28-14-8-7-13-26(28)20-17-24-11-5-2-6-12-24/h1-22H/b16-15+,20-17+,30-29+. The summed E-state index contributed by atoms with van der Waals surface area (Å²) in [6, 6.07) is 36.6. The molecular weight excluding hydrogens is 364 g/mol. The Labute approximate surface area is 177 Å². The van der Waals surface area contributed by atoms with Crippen LogP contribution in [0.1, 0.15) is 22.3 Å². The third-order valence-corrected chi connectivity index (χ3v) is 4.63. The summed E-state index contributed by atoms with van der Waals surface area (Å²) in [5.41, 5.74) is 6.17. The van der Waals surface area contributed by atoms with Crippen molar-refractivity contribution >= 4 is 35.7 Å². The highest BCUT2D eigenvalue weighted by Gasteiger charge is 1.98. The van der Waals surface area contributed by atoms with Crippen molar-refractivity contribution in [3.8, 4) is 0 Å². The van der Waals surface area contributed by atoms with E-state index in [4.69, 9.17) is 0 Å². The normalized spacial score (nSPS) is 11.6. The second-order valence-electron chi connectivity index (χ2n) is 6.84. The molecule has 0 atom stereocenters. The fourth-order valence-corrected chi connectivity index (χ4v) is 2.99. The number of nitrogens with zero attached hydrogens (tertiary/aromatic N) is 2. The van der Waals surface area contributed by atoms with Gasteiger partial charge in [-0.15, -0.1) is 5.11 Å². The van der Waals surface area contributed by atoms with Crippen LogP contribution in [0, 0.1) is 0 Å². The quantitative estimate of drug-likeness (QED) is 0.235. The average molecular weight is 386 g/mol. The third kappa shape index (κ3) is 5.49. The first-order chi connectivity index (χ1) is 14.9. The summed E-state index contributed by atoms with van der Waals surface area (Å²) in [6.45, 7) is 0. The van der Waals surface area contributed by atoms with Crippen LogP contribution in [0.3, 0.4) is 0 Å². The fraction of sp³-hybridized carbons (Fsp3) is 0. The van der Waals surface area contributed by atoms with E-state index in [9.17, 15) is 0 Å². The van der Waals surface area contributed by atoms with Crippen LogP contribution in [0.4, 0.5) is 11.4 Å². The summed E-state index contributed by atoms with van der Waals surface area (Å²) in [4.78, 5) is 0. The summed E-state index contributed by atoms with van der Waals surface area (Å²) in [7, 11) is 0. The minimum atomic E-state index is 0.828. The molecule has 0 unspecified atom stereocenters. The summed E-state index contributed by atoms with van der Waals surface area (Å²) >= 11 is 0. The van der Waals surface area contributed by atoms with E-state index in [-0.39, 0.29) is 0 Å². The van der Waals surface area contributed by atoms with Crippen LogP contribution in [0.15, 0.2) is 119 Å². The van der Waals surface area contributed by atoms with Crippen LogP contribution in [-0.2, 0) is 0 Å². The van der Waals surface area contributed by atoms with E-state index in [0.717, 1.165) is 28.1 Å². The molecule has 0 aromatic heterocycles. The predicted octanol–water partition coefficient (Wildman–Crippen LogP) is 8.44. The predicted molar refractivity (Wildman–Crippen MR) is 128 cm³/mol. The molecule has 0 spiro atoms. The Morgan fingerprint density at radius 3 is 1.53 bits per heavy atom. The Hall–Kier alpha value is -4.04. The van der Waals surface area contributed by atoms with Crippen molar-refractivity contribution in [3.05, 3.63) is 131 Å². The minimum absolute atomic E-state index is 0.828. The van der Waals surface area contributed by atoms with Crippen molar-refractivity contribution in [1.82, 2.24) is 0 Å². The molecular formula is C28H22N2. The molecule has 2 heteroatoms. The fourth-order valence-electron chi connectivity index (χ4n) is 2.99. The number of hydrogen-bond donors (Lipinski definition) is 0. The smallest absolute Gasteiger partial charge is 0.0929 e. The summed E-state index contributed by atoms with van der Waals surface area (Å²) in [5.74, 6) is 0. The molecule has 0 aliphatic heterocycles. The zero-order valence-electron chi connectivity index (χ0n) is 16.6. The van der Waals surface area contributed by atoms with Crippen LogP contribution in [0.25, 0.3) is 24.3 Å². The zero-order chi connectivity index (χ0) is 20.4. The lowest BCUT2D eigenvalue weighted by molar-refractivity contribution is 1.23. The molecule has 0 radical (unpaired) electrons. The van der Waals surface area contributed by atoms with Crippen LogP contribution in [0.5, 0.6) is 0 Å². The van der Waals surface area contributed by atoms with Gasteiger partial charge in [-0.1, -0.05) is 115 Å². The lowest BCUT2D eigenvalue weighted by Gasteiger charge is -2.00. The topological polar surface area (TPSA) is 24.7 Å². The highest BCUT2D eigenvalue weighted by molar-refractivity contribution is 5.75. The molecule has 4 rings (SSSR count). The number of rotatable bonds is 6. The monoisotopic (exact) mass is 386 g/mol. The molecule has 144 valence electrons.